The van der Waals surface area contributed by atoms with E-state index in [0.29, 0.717) is 18.4 Å². The van der Waals surface area contributed by atoms with E-state index in [2.05, 4.69) is 34.3 Å². The van der Waals surface area contributed by atoms with E-state index in [1.165, 1.54) is 18.1 Å². The van der Waals surface area contributed by atoms with Crippen LogP contribution in [-0.2, 0) is 4.79 Å². The number of benzene rings is 1. The lowest BCUT2D eigenvalue weighted by Gasteiger charge is -2.23. The third-order valence-electron chi connectivity index (χ3n) is 3.85. The predicted molar refractivity (Wildman–Crippen MR) is 94.9 cm³/mol. The summed E-state index contributed by atoms with van der Waals surface area (Å²) in [5.74, 6) is 1.97. The molecular formula is C17H22N4O3S. The van der Waals surface area contributed by atoms with Gasteiger partial charge in [-0.3, -0.25) is 9.89 Å². The molecule has 1 aliphatic rings. The first-order chi connectivity index (χ1) is 12.1. The van der Waals surface area contributed by atoms with Crippen LogP contribution in [-0.4, -0.2) is 40.1 Å². The first-order valence-electron chi connectivity index (χ1n) is 8.30. The first kappa shape index (κ1) is 17.6. The normalized spacial score (nSPS) is 14.8. The number of carbonyl (C=O) groups excluding carboxylic acids is 1. The van der Waals surface area contributed by atoms with Crippen molar-refractivity contribution in [3.05, 3.63) is 30.1 Å². The molecule has 1 aliphatic heterocycles. The predicted octanol–water partition coefficient (Wildman–Crippen LogP) is 2.57. The van der Waals surface area contributed by atoms with Gasteiger partial charge in [-0.25, -0.2) is 4.98 Å². The standard InChI is InChI=1S/C17H22N4O3S/c1-11(2)16(20-15(22)9-25-17-18-10-19-21-17)12-4-5-13-14(8-12)24-7-3-6-23-13/h4-5,8,10-11,16H,3,6-7,9H2,1-2H3,(H,20,22)(H,18,19,21)/t16-/m0/s1. The van der Waals surface area contributed by atoms with E-state index >= 15 is 0 Å². The second kappa shape index (κ2) is 8.24. The number of ether oxygens (including phenoxy) is 2. The van der Waals surface area contributed by atoms with Crippen LogP contribution < -0.4 is 14.8 Å². The second-order valence-corrected chi connectivity index (χ2v) is 7.09. The maximum Gasteiger partial charge on any atom is 0.230 e. The summed E-state index contributed by atoms with van der Waals surface area (Å²) in [5, 5.41) is 10.2. The molecule has 0 aliphatic carbocycles. The second-order valence-electron chi connectivity index (χ2n) is 6.13. The Balaban J connectivity index is 1.68. The summed E-state index contributed by atoms with van der Waals surface area (Å²) in [6, 6.07) is 5.78. The Morgan fingerprint density at radius 3 is 2.84 bits per heavy atom. The summed E-state index contributed by atoms with van der Waals surface area (Å²) in [5.41, 5.74) is 1.01. The fourth-order valence-electron chi connectivity index (χ4n) is 2.62. The highest BCUT2D eigenvalue weighted by Crippen LogP contribution is 2.34. The number of rotatable bonds is 6. The number of thioether (sulfide) groups is 1. The lowest BCUT2D eigenvalue weighted by molar-refractivity contribution is -0.119. The molecule has 134 valence electrons. The van der Waals surface area contributed by atoms with E-state index < -0.39 is 0 Å². The maximum atomic E-state index is 12.3. The molecule has 8 heteroatoms. The number of fused-ring (bicyclic) bond motifs is 1. The Hall–Kier alpha value is -2.22. The van der Waals surface area contributed by atoms with Crippen molar-refractivity contribution in [3.8, 4) is 11.5 Å². The molecule has 1 amide bonds. The zero-order valence-corrected chi connectivity index (χ0v) is 15.1. The van der Waals surface area contributed by atoms with E-state index in [4.69, 9.17) is 9.47 Å². The van der Waals surface area contributed by atoms with Gasteiger partial charge in [0.1, 0.15) is 6.33 Å². The van der Waals surface area contributed by atoms with Gasteiger partial charge in [0.05, 0.1) is 25.0 Å². The minimum Gasteiger partial charge on any atom is -0.490 e. The quantitative estimate of drug-likeness (QED) is 0.768. The highest BCUT2D eigenvalue weighted by atomic mass is 32.2. The minimum absolute atomic E-state index is 0.0489. The molecule has 1 atom stereocenters. The summed E-state index contributed by atoms with van der Waals surface area (Å²) in [6.45, 7) is 5.47. The van der Waals surface area contributed by atoms with Crippen LogP contribution in [0.1, 0.15) is 31.9 Å². The van der Waals surface area contributed by atoms with Gasteiger partial charge in [0.2, 0.25) is 5.91 Å². The molecule has 0 spiro atoms. The largest absolute Gasteiger partial charge is 0.490 e. The average molecular weight is 362 g/mol. The van der Waals surface area contributed by atoms with Gasteiger partial charge >= 0.3 is 0 Å². The van der Waals surface area contributed by atoms with Gasteiger partial charge in [0.25, 0.3) is 0 Å². The Kier molecular flexibility index (Phi) is 5.80. The summed E-state index contributed by atoms with van der Waals surface area (Å²) in [7, 11) is 0. The number of aromatic amines is 1. The highest BCUT2D eigenvalue weighted by Gasteiger charge is 2.21. The fourth-order valence-corrected chi connectivity index (χ4v) is 3.21. The van der Waals surface area contributed by atoms with Gasteiger partial charge in [0, 0.05) is 6.42 Å². The minimum atomic E-state index is -0.0972. The highest BCUT2D eigenvalue weighted by molar-refractivity contribution is 7.99. The molecule has 0 saturated heterocycles. The molecule has 0 saturated carbocycles. The van der Waals surface area contributed by atoms with Gasteiger partial charge < -0.3 is 14.8 Å². The van der Waals surface area contributed by atoms with Gasteiger partial charge in [-0.05, 0) is 23.6 Å². The van der Waals surface area contributed by atoms with Crippen molar-refractivity contribution >= 4 is 17.7 Å². The van der Waals surface area contributed by atoms with E-state index in [1.807, 2.05) is 18.2 Å². The average Bonchev–Trinajstić information content (AvgIpc) is 3.01. The number of hydrogen-bond acceptors (Lipinski definition) is 6. The molecule has 3 rings (SSSR count). The molecule has 25 heavy (non-hydrogen) atoms. The Bertz CT molecular complexity index is 706. The van der Waals surface area contributed by atoms with Crippen molar-refractivity contribution < 1.29 is 14.3 Å². The SMILES string of the molecule is CC(C)[C@H](NC(=O)CSc1ncn[nH]1)c1ccc2c(c1)OCCCO2. The smallest absolute Gasteiger partial charge is 0.230 e. The molecule has 2 heterocycles. The first-order valence-corrected chi connectivity index (χ1v) is 9.29. The fraction of sp³-hybridized carbons (Fsp3) is 0.471. The zero-order chi connectivity index (χ0) is 17.6. The van der Waals surface area contributed by atoms with Crippen molar-refractivity contribution in [3.63, 3.8) is 0 Å². The number of H-pyrrole nitrogens is 1. The summed E-state index contributed by atoms with van der Waals surface area (Å²) in [6.07, 6.45) is 2.29. The third-order valence-corrected chi connectivity index (χ3v) is 4.72. The van der Waals surface area contributed by atoms with Crippen LogP contribution in [0.2, 0.25) is 0 Å². The number of carbonyl (C=O) groups is 1. The van der Waals surface area contributed by atoms with E-state index in [9.17, 15) is 4.79 Å². The van der Waals surface area contributed by atoms with Crippen LogP contribution in [0, 0.1) is 5.92 Å². The lowest BCUT2D eigenvalue weighted by atomic mass is 9.95. The Morgan fingerprint density at radius 1 is 1.32 bits per heavy atom. The van der Waals surface area contributed by atoms with Gasteiger partial charge in [-0.1, -0.05) is 31.7 Å². The molecule has 2 N–H and O–H groups in total. The lowest BCUT2D eigenvalue weighted by Crippen LogP contribution is -2.33. The van der Waals surface area contributed by atoms with Crippen LogP contribution in [0.25, 0.3) is 0 Å². The van der Waals surface area contributed by atoms with E-state index in [0.717, 1.165) is 23.5 Å². The molecule has 0 fully saturated rings. The zero-order valence-electron chi connectivity index (χ0n) is 14.3. The number of aromatic nitrogens is 3. The number of nitrogens with one attached hydrogen (secondary N) is 2. The Morgan fingerprint density at radius 2 is 2.12 bits per heavy atom. The van der Waals surface area contributed by atoms with Gasteiger partial charge in [-0.2, -0.15) is 5.10 Å². The van der Waals surface area contributed by atoms with Crippen LogP contribution in [0.3, 0.4) is 0 Å². The maximum absolute atomic E-state index is 12.3. The van der Waals surface area contributed by atoms with Crippen molar-refractivity contribution in [1.82, 2.24) is 20.5 Å². The number of hydrogen-bond donors (Lipinski definition) is 2. The molecule has 7 nitrogen and oxygen atoms in total. The number of amides is 1. The summed E-state index contributed by atoms with van der Waals surface area (Å²) < 4.78 is 11.4. The monoisotopic (exact) mass is 362 g/mol. The summed E-state index contributed by atoms with van der Waals surface area (Å²) in [4.78, 5) is 16.3. The molecule has 0 radical (unpaired) electrons. The van der Waals surface area contributed by atoms with Crippen LogP contribution >= 0.6 is 11.8 Å². The van der Waals surface area contributed by atoms with Crippen molar-refractivity contribution in [2.75, 3.05) is 19.0 Å². The Labute approximate surface area is 150 Å². The van der Waals surface area contributed by atoms with Crippen LogP contribution in [0.5, 0.6) is 11.5 Å². The van der Waals surface area contributed by atoms with E-state index in [1.54, 1.807) is 0 Å². The van der Waals surface area contributed by atoms with E-state index in [-0.39, 0.29) is 23.6 Å². The number of nitrogens with zero attached hydrogens (tertiary/aromatic N) is 2. The molecular weight excluding hydrogens is 340 g/mol. The van der Waals surface area contributed by atoms with Gasteiger partial charge in [-0.15, -0.1) is 0 Å². The molecule has 1 aromatic carbocycles. The third kappa shape index (κ3) is 4.66. The van der Waals surface area contributed by atoms with Crippen LogP contribution in [0.4, 0.5) is 0 Å². The topological polar surface area (TPSA) is 89.1 Å². The summed E-state index contributed by atoms with van der Waals surface area (Å²) >= 11 is 1.32. The van der Waals surface area contributed by atoms with Crippen molar-refractivity contribution in [2.45, 2.75) is 31.5 Å². The molecule has 0 bridgehead atoms. The molecule has 2 aromatic rings. The van der Waals surface area contributed by atoms with Gasteiger partial charge in [0.15, 0.2) is 16.7 Å². The van der Waals surface area contributed by atoms with Crippen molar-refractivity contribution in [2.24, 2.45) is 5.92 Å². The molecule has 0 unspecified atom stereocenters. The molecule has 1 aromatic heterocycles. The van der Waals surface area contributed by atoms with Crippen LogP contribution in [0.15, 0.2) is 29.7 Å². The van der Waals surface area contributed by atoms with Crippen molar-refractivity contribution in [1.29, 1.82) is 0 Å².